The second kappa shape index (κ2) is 4.72. The van der Waals surface area contributed by atoms with Crippen LogP contribution in [0, 0.1) is 0 Å². The van der Waals surface area contributed by atoms with Crippen molar-refractivity contribution in [3.05, 3.63) is 15.6 Å². The highest BCUT2D eigenvalue weighted by Crippen LogP contribution is 2.27. The van der Waals surface area contributed by atoms with Crippen molar-refractivity contribution in [1.29, 1.82) is 0 Å². The van der Waals surface area contributed by atoms with Gasteiger partial charge in [0.05, 0.1) is 5.69 Å². The van der Waals surface area contributed by atoms with E-state index in [-0.39, 0.29) is 5.91 Å². The van der Waals surface area contributed by atoms with Gasteiger partial charge in [-0.05, 0) is 19.3 Å². The van der Waals surface area contributed by atoms with Gasteiger partial charge in [-0.25, -0.2) is 4.98 Å². The van der Waals surface area contributed by atoms with Gasteiger partial charge in [-0.2, -0.15) is 0 Å². The number of aromatic nitrogens is 1. The van der Waals surface area contributed by atoms with Crippen molar-refractivity contribution < 1.29 is 4.79 Å². The van der Waals surface area contributed by atoms with Gasteiger partial charge >= 0.3 is 0 Å². The fourth-order valence-electron chi connectivity index (χ4n) is 1.73. The molecule has 1 aliphatic rings. The van der Waals surface area contributed by atoms with E-state index < -0.39 is 0 Å². The predicted molar refractivity (Wildman–Crippen MR) is 59.7 cm³/mol. The number of fused-ring (bicyclic) bond motifs is 1. The van der Waals surface area contributed by atoms with Crippen molar-refractivity contribution in [2.24, 2.45) is 5.73 Å². The topological polar surface area (TPSA) is 68.0 Å². The molecule has 0 aliphatic heterocycles. The highest BCUT2D eigenvalue weighted by Gasteiger charge is 2.15. The second-order valence-corrected chi connectivity index (χ2v) is 4.89. The summed E-state index contributed by atoms with van der Waals surface area (Å²) in [7, 11) is 0. The molecule has 1 amide bonds. The van der Waals surface area contributed by atoms with Crippen LogP contribution in [0.15, 0.2) is 0 Å². The van der Waals surface area contributed by atoms with Gasteiger partial charge in [-0.15, -0.1) is 11.3 Å². The summed E-state index contributed by atoms with van der Waals surface area (Å²) in [6.45, 7) is 1.39. The smallest absolute Gasteiger partial charge is 0.218 e. The summed E-state index contributed by atoms with van der Waals surface area (Å²) in [5.74, 6) is -0.260. The van der Waals surface area contributed by atoms with Crippen LogP contribution in [-0.4, -0.2) is 17.4 Å². The molecule has 0 bridgehead atoms. The summed E-state index contributed by atoms with van der Waals surface area (Å²) in [4.78, 5) is 16.5. The number of hydrogen-bond donors (Lipinski definition) is 2. The first kappa shape index (κ1) is 10.6. The van der Waals surface area contributed by atoms with Crippen LogP contribution in [0.4, 0.5) is 0 Å². The lowest BCUT2D eigenvalue weighted by atomic mass is 10.4. The number of rotatable bonds is 5. The predicted octanol–water partition coefficient (Wildman–Crippen LogP) is 0.597. The Bertz CT molecular complexity index is 340. The van der Waals surface area contributed by atoms with Crippen molar-refractivity contribution in [3.8, 4) is 0 Å². The second-order valence-electron chi connectivity index (χ2n) is 3.72. The number of primary amides is 1. The number of amides is 1. The van der Waals surface area contributed by atoms with Crippen LogP contribution in [0.5, 0.6) is 0 Å². The Labute approximate surface area is 92.9 Å². The summed E-state index contributed by atoms with van der Waals surface area (Å²) in [6.07, 6.45) is 3.97. The highest BCUT2D eigenvalue weighted by molar-refractivity contribution is 7.11. The molecule has 1 aliphatic carbocycles. The molecule has 0 unspecified atom stereocenters. The van der Waals surface area contributed by atoms with Gasteiger partial charge in [-0.3, -0.25) is 4.79 Å². The van der Waals surface area contributed by atoms with Crippen LogP contribution in [0.3, 0.4) is 0 Å². The maximum atomic E-state index is 10.5. The molecule has 0 saturated carbocycles. The van der Waals surface area contributed by atoms with E-state index in [9.17, 15) is 4.79 Å². The molecule has 3 N–H and O–H groups in total. The van der Waals surface area contributed by atoms with Crippen LogP contribution in [0.1, 0.15) is 28.4 Å². The van der Waals surface area contributed by atoms with Gasteiger partial charge in [-0.1, -0.05) is 0 Å². The third-order valence-corrected chi connectivity index (χ3v) is 3.62. The number of thiazole rings is 1. The fourth-order valence-corrected chi connectivity index (χ4v) is 2.85. The van der Waals surface area contributed by atoms with Crippen molar-refractivity contribution in [2.45, 2.75) is 32.2 Å². The molecule has 0 spiro atoms. The lowest BCUT2D eigenvalue weighted by molar-refractivity contribution is -0.117. The fraction of sp³-hybridized carbons (Fsp3) is 0.600. The number of hydrogen-bond acceptors (Lipinski definition) is 4. The zero-order valence-corrected chi connectivity index (χ0v) is 9.40. The molecule has 82 valence electrons. The molecule has 0 fully saturated rings. The van der Waals surface area contributed by atoms with Gasteiger partial charge in [0.15, 0.2) is 0 Å². The first-order chi connectivity index (χ1) is 7.25. The van der Waals surface area contributed by atoms with E-state index in [4.69, 9.17) is 5.73 Å². The van der Waals surface area contributed by atoms with E-state index in [1.807, 2.05) is 0 Å². The molecular formula is C10H15N3OS. The normalized spacial score (nSPS) is 14.1. The van der Waals surface area contributed by atoms with Crippen molar-refractivity contribution in [2.75, 3.05) is 6.54 Å². The van der Waals surface area contributed by atoms with Crippen molar-refractivity contribution >= 4 is 17.2 Å². The Kier molecular flexibility index (Phi) is 3.33. The molecule has 1 heterocycles. The number of nitrogens with two attached hydrogens (primary N) is 1. The highest BCUT2D eigenvalue weighted by atomic mass is 32.1. The van der Waals surface area contributed by atoms with E-state index in [0.717, 1.165) is 18.0 Å². The largest absolute Gasteiger partial charge is 0.370 e. The molecule has 1 aromatic rings. The molecule has 5 heteroatoms. The lowest BCUT2D eigenvalue weighted by Crippen LogP contribution is -2.21. The molecule has 1 aromatic heterocycles. The van der Waals surface area contributed by atoms with Gasteiger partial charge in [0.1, 0.15) is 5.01 Å². The maximum absolute atomic E-state index is 10.5. The third kappa shape index (κ3) is 2.76. The zero-order chi connectivity index (χ0) is 10.7. The number of nitrogens with zero attached hydrogens (tertiary/aromatic N) is 1. The Balaban J connectivity index is 1.77. The quantitative estimate of drug-likeness (QED) is 0.721. The van der Waals surface area contributed by atoms with Crippen molar-refractivity contribution in [3.63, 3.8) is 0 Å². The van der Waals surface area contributed by atoms with Gasteiger partial charge in [0, 0.05) is 24.4 Å². The Hall–Kier alpha value is -0.940. The molecule has 0 aromatic carbocycles. The minimum absolute atomic E-state index is 0.260. The van der Waals surface area contributed by atoms with Gasteiger partial charge < -0.3 is 11.1 Å². The number of carbonyl (C=O) groups excluding carboxylic acids is 1. The lowest BCUT2D eigenvalue weighted by Gasteiger charge is -1.99. The van der Waals surface area contributed by atoms with E-state index in [1.165, 1.54) is 23.4 Å². The van der Waals surface area contributed by atoms with Crippen LogP contribution in [-0.2, 0) is 24.2 Å². The minimum atomic E-state index is -0.260. The SMILES string of the molecule is NC(=O)CCNCc1nc2c(s1)CCC2. The summed E-state index contributed by atoms with van der Waals surface area (Å²) in [5.41, 5.74) is 6.32. The summed E-state index contributed by atoms with van der Waals surface area (Å²) >= 11 is 1.79. The maximum Gasteiger partial charge on any atom is 0.218 e. The summed E-state index contributed by atoms with van der Waals surface area (Å²) < 4.78 is 0. The molecular weight excluding hydrogens is 210 g/mol. The molecule has 15 heavy (non-hydrogen) atoms. The number of nitrogens with one attached hydrogen (secondary N) is 1. The molecule has 4 nitrogen and oxygen atoms in total. The monoisotopic (exact) mass is 225 g/mol. The molecule has 0 atom stereocenters. The average molecular weight is 225 g/mol. The molecule has 2 rings (SSSR count). The average Bonchev–Trinajstić information content (AvgIpc) is 2.71. The van der Waals surface area contributed by atoms with E-state index in [2.05, 4.69) is 10.3 Å². The first-order valence-electron chi connectivity index (χ1n) is 5.22. The Morgan fingerprint density at radius 3 is 3.13 bits per heavy atom. The van der Waals surface area contributed by atoms with E-state index in [1.54, 1.807) is 11.3 Å². The number of aryl methyl sites for hydroxylation is 2. The molecule has 0 saturated heterocycles. The Morgan fingerprint density at radius 2 is 2.40 bits per heavy atom. The van der Waals surface area contributed by atoms with Crippen LogP contribution < -0.4 is 11.1 Å². The van der Waals surface area contributed by atoms with E-state index >= 15 is 0 Å². The molecule has 0 radical (unpaired) electrons. The zero-order valence-electron chi connectivity index (χ0n) is 8.58. The van der Waals surface area contributed by atoms with Crippen LogP contribution >= 0.6 is 11.3 Å². The van der Waals surface area contributed by atoms with Gasteiger partial charge in [0.2, 0.25) is 5.91 Å². The van der Waals surface area contributed by atoms with Crippen LogP contribution in [0.25, 0.3) is 0 Å². The first-order valence-corrected chi connectivity index (χ1v) is 6.04. The third-order valence-electron chi connectivity index (χ3n) is 2.46. The summed E-state index contributed by atoms with van der Waals surface area (Å²) in [6, 6.07) is 0. The summed E-state index contributed by atoms with van der Waals surface area (Å²) in [5, 5.41) is 4.30. The van der Waals surface area contributed by atoms with Crippen LogP contribution in [0.2, 0.25) is 0 Å². The van der Waals surface area contributed by atoms with E-state index in [0.29, 0.717) is 13.0 Å². The minimum Gasteiger partial charge on any atom is -0.370 e. The Morgan fingerprint density at radius 1 is 1.53 bits per heavy atom. The van der Waals surface area contributed by atoms with Crippen molar-refractivity contribution in [1.82, 2.24) is 10.3 Å². The standard InChI is InChI=1S/C10H15N3OS/c11-9(14)4-5-12-6-10-13-7-2-1-3-8(7)15-10/h12H,1-6H2,(H2,11,14). The van der Waals surface area contributed by atoms with Gasteiger partial charge in [0.25, 0.3) is 0 Å². The number of carbonyl (C=O) groups is 1.